The van der Waals surface area contributed by atoms with Gasteiger partial charge >= 0.3 is 0 Å². The molecule has 84 valence electrons. The van der Waals surface area contributed by atoms with Crippen LogP contribution in [0.3, 0.4) is 0 Å². The summed E-state index contributed by atoms with van der Waals surface area (Å²) < 4.78 is 27.4. The summed E-state index contributed by atoms with van der Waals surface area (Å²) in [7, 11) is -2.52. The second-order valence-electron chi connectivity index (χ2n) is 2.85. The van der Waals surface area contributed by atoms with E-state index in [2.05, 4.69) is 0 Å². The predicted molar refractivity (Wildman–Crippen MR) is 57.3 cm³/mol. The van der Waals surface area contributed by atoms with Gasteiger partial charge in [-0.15, -0.1) is 0 Å². The number of sulfonamides is 1. The summed E-state index contributed by atoms with van der Waals surface area (Å²) in [4.78, 5) is -0.155. The molecule has 4 N–H and O–H groups in total. The Labute approximate surface area is 93.0 Å². The largest absolute Gasteiger partial charge is 0.495 e. The van der Waals surface area contributed by atoms with E-state index < -0.39 is 10.0 Å². The lowest BCUT2D eigenvalue weighted by molar-refractivity contribution is 0.397. The van der Waals surface area contributed by atoms with Crippen LogP contribution in [0.15, 0.2) is 17.0 Å². The lowest BCUT2D eigenvalue weighted by Gasteiger charge is -2.11. The maximum atomic E-state index is 11.2. The van der Waals surface area contributed by atoms with Gasteiger partial charge in [-0.3, -0.25) is 0 Å². The molecule has 1 rings (SSSR count). The fourth-order valence-electron chi connectivity index (χ4n) is 1.22. The normalized spacial score (nSPS) is 11.5. The summed E-state index contributed by atoms with van der Waals surface area (Å²) in [6.07, 6.45) is 0. The lowest BCUT2D eigenvalue weighted by Crippen LogP contribution is -2.15. The van der Waals surface area contributed by atoms with E-state index in [4.69, 9.17) is 27.2 Å². The van der Waals surface area contributed by atoms with Crippen LogP contribution in [0.2, 0.25) is 5.02 Å². The fourth-order valence-corrected chi connectivity index (χ4v) is 2.29. The minimum absolute atomic E-state index is 0.117. The van der Waals surface area contributed by atoms with Gasteiger partial charge in [0, 0.05) is 17.1 Å². The molecule has 0 heterocycles. The van der Waals surface area contributed by atoms with E-state index in [0.717, 1.165) is 0 Å². The first kappa shape index (κ1) is 12.3. The number of hydrogen-bond donors (Lipinski definition) is 2. The highest BCUT2D eigenvalue weighted by Crippen LogP contribution is 2.30. The van der Waals surface area contributed by atoms with Crippen molar-refractivity contribution >= 4 is 21.6 Å². The molecule has 0 unspecified atom stereocenters. The minimum Gasteiger partial charge on any atom is -0.495 e. The minimum atomic E-state index is -3.87. The highest BCUT2D eigenvalue weighted by atomic mass is 35.5. The van der Waals surface area contributed by atoms with E-state index in [-0.39, 0.29) is 22.2 Å². The Morgan fingerprint density at radius 1 is 1.47 bits per heavy atom. The van der Waals surface area contributed by atoms with Gasteiger partial charge in [-0.2, -0.15) is 0 Å². The maximum Gasteiger partial charge on any atom is 0.241 e. The molecule has 0 bridgehead atoms. The van der Waals surface area contributed by atoms with E-state index in [1.165, 1.54) is 19.2 Å². The number of methoxy groups -OCH3 is 1. The van der Waals surface area contributed by atoms with Crippen LogP contribution < -0.4 is 15.6 Å². The molecule has 1 aromatic rings. The Morgan fingerprint density at radius 2 is 2.07 bits per heavy atom. The lowest BCUT2D eigenvalue weighted by atomic mass is 10.2. The van der Waals surface area contributed by atoms with Crippen LogP contribution in [-0.4, -0.2) is 15.5 Å². The van der Waals surface area contributed by atoms with E-state index >= 15 is 0 Å². The molecule has 0 amide bonds. The Bertz CT molecular complexity index is 473. The standard InChI is InChI=1S/C8H11ClN2O3S/c1-14-8-5(4-10)2-6(9)3-7(8)15(11,12)13/h2-3H,4,10H2,1H3,(H2,11,12,13). The van der Waals surface area contributed by atoms with Gasteiger partial charge in [0.05, 0.1) is 7.11 Å². The monoisotopic (exact) mass is 250 g/mol. The summed E-state index contributed by atoms with van der Waals surface area (Å²) >= 11 is 5.73. The summed E-state index contributed by atoms with van der Waals surface area (Å²) in [5.41, 5.74) is 5.93. The van der Waals surface area contributed by atoms with E-state index in [1.807, 2.05) is 0 Å². The Kier molecular flexibility index (Phi) is 3.56. The van der Waals surface area contributed by atoms with E-state index in [1.54, 1.807) is 0 Å². The van der Waals surface area contributed by atoms with Crippen molar-refractivity contribution in [3.05, 3.63) is 22.7 Å². The summed E-state index contributed by atoms with van der Waals surface area (Å²) in [5.74, 6) is 0.143. The number of halogens is 1. The van der Waals surface area contributed by atoms with Crippen LogP contribution in [-0.2, 0) is 16.6 Å². The third kappa shape index (κ3) is 2.60. The molecule has 0 spiro atoms. The first-order valence-electron chi connectivity index (χ1n) is 3.99. The molecule has 0 aromatic heterocycles. The zero-order valence-corrected chi connectivity index (χ0v) is 9.60. The zero-order valence-electron chi connectivity index (χ0n) is 8.03. The quantitative estimate of drug-likeness (QED) is 0.814. The van der Waals surface area contributed by atoms with E-state index in [9.17, 15) is 8.42 Å². The highest BCUT2D eigenvalue weighted by molar-refractivity contribution is 7.89. The molecular weight excluding hydrogens is 240 g/mol. The van der Waals surface area contributed by atoms with Gasteiger partial charge in [0.1, 0.15) is 10.6 Å². The van der Waals surface area contributed by atoms with E-state index in [0.29, 0.717) is 5.56 Å². The van der Waals surface area contributed by atoms with Gasteiger partial charge in [0.25, 0.3) is 0 Å². The molecule has 0 atom stereocenters. The fraction of sp³-hybridized carbons (Fsp3) is 0.250. The zero-order chi connectivity index (χ0) is 11.6. The number of rotatable bonds is 3. The average molecular weight is 251 g/mol. The molecule has 1 aromatic carbocycles. The molecule has 5 nitrogen and oxygen atoms in total. The van der Waals surface area contributed by atoms with Crippen molar-refractivity contribution in [2.45, 2.75) is 11.4 Å². The molecule has 0 saturated heterocycles. The van der Waals surface area contributed by atoms with Gasteiger partial charge in [-0.1, -0.05) is 11.6 Å². The topological polar surface area (TPSA) is 95.4 Å². The second kappa shape index (κ2) is 4.36. The molecule has 0 aliphatic rings. The van der Waals surface area contributed by atoms with Crippen LogP contribution in [0.25, 0.3) is 0 Å². The molecule has 0 fully saturated rings. The smallest absolute Gasteiger partial charge is 0.241 e. The summed E-state index contributed by atoms with van der Waals surface area (Å²) in [6, 6.07) is 2.77. The second-order valence-corrected chi connectivity index (χ2v) is 4.81. The van der Waals surface area contributed by atoms with Gasteiger partial charge in [-0.05, 0) is 12.1 Å². The van der Waals surface area contributed by atoms with Crippen LogP contribution in [0.4, 0.5) is 0 Å². The third-order valence-corrected chi connectivity index (χ3v) is 2.96. The van der Waals surface area contributed by atoms with Gasteiger partial charge in [0.2, 0.25) is 10.0 Å². The van der Waals surface area contributed by atoms with Crippen molar-refractivity contribution in [2.75, 3.05) is 7.11 Å². The SMILES string of the molecule is COc1c(CN)cc(Cl)cc1S(N)(=O)=O. The van der Waals surface area contributed by atoms with Gasteiger partial charge < -0.3 is 10.5 Å². The van der Waals surface area contributed by atoms with Crippen molar-refractivity contribution in [3.63, 3.8) is 0 Å². The summed E-state index contributed by atoms with van der Waals surface area (Å²) in [5, 5.41) is 5.27. The van der Waals surface area contributed by atoms with Crippen molar-refractivity contribution in [3.8, 4) is 5.75 Å². The number of nitrogens with two attached hydrogens (primary N) is 2. The first-order chi connectivity index (χ1) is 6.90. The molecule has 15 heavy (non-hydrogen) atoms. The predicted octanol–water partition coefficient (Wildman–Crippen LogP) is 0.455. The first-order valence-corrected chi connectivity index (χ1v) is 5.92. The van der Waals surface area contributed by atoms with Crippen molar-refractivity contribution in [2.24, 2.45) is 10.9 Å². The molecular formula is C8H11ClN2O3S. The van der Waals surface area contributed by atoms with Crippen LogP contribution >= 0.6 is 11.6 Å². The molecule has 0 aliphatic heterocycles. The number of benzene rings is 1. The van der Waals surface area contributed by atoms with Crippen LogP contribution in [0.1, 0.15) is 5.56 Å². The average Bonchev–Trinajstić information content (AvgIpc) is 2.15. The van der Waals surface area contributed by atoms with Crippen molar-refractivity contribution in [1.29, 1.82) is 0 Å². The molecule has 0 radical (unpaired) electrons. The summed E-state index contributed by atoms with van der Waals surface area (Å²) in [6.45, 7) is 0.117. The number of ether oxygens (including phenoxy) is 1. The molecule has 0 aliphatic carbocycles. The van der Waals surface area contributed by atoms with Crippen molar-refractivity contribution in [1.82, 2.24) is 0 Å². The molecule has 7 heteroatoms. The highest BCUT2D eigenvalue weighted by Gasteiger charge is 2.18. The van der Waals surface area contributed by atoms with Gasteiger partial charge in [-0.25, -0.2) is 13.6 Å². The Balaban J connectivity index is 3.57. The molecule has 0 saturated carbocycles. The van der Waals surface area contributed by atoms with Gasteiger partial charge in [0.15, 0.2) is 0 Å². The Morgan fingerprint density at radius 3 is 2.47 bits per heavy atom. The van der Waals surface area contributed by atoms with Crippen LogP contribution in [0.5, 0.6) is 5.75 Å². The number of hydrogen-bond acceptors (Lipinski definition) is 4. The van der Waals surface area contributed by atoms with Crippen LogP contribution in [0, 0.1) is 0 Å². The Hall–Kier alpha value is -0.820. The third-order valence-electron chi connectivity index (χ3n) is 1.83. The number of primary sulfonamides is 1. The maximum absolute atomic E-state index is 11.2. The van der Waals surface area contributed by atoms with Crippen molar-refractivity contribution < 1.29 is 13.2 Å².